The fraction of sp³-hybridized carbons (Fsp3) is 0.846. The number of nitrogens with zero attached hydrogens (tertiary/aromatic N) is 1. The molecule has 1 aliphatic carbocycles. The molecule has 1 unspecified atom stereocenters. The van der Waals surface area contributed by atoms with Crippen LogP contribution >= 0.6 is 0 Å². The molecule has 0 aromatic carbocycles. The first-order valence-electron chi connectivity index (χ1n) is 6.70. The molecule has 18 heavy (non-hydrogen) atoms. The summed E-state index contributed by atoms with van der Waals surface area (Å²) in [4.78, 5) is 2.13. The van der Waals surface area contributed by atoms with E-state index >= 15 is 0 Å². The molecule has 1 atom stereocenters. The van der Waals surface area contributed by atoms with Crippen LogP contribution in [0.15, 0.2) is 11.6 Å². The molecule has 1 N–H and O–H groups in total. The van der Waals surface area contributed by atoms with Crippen molar-refractivity contribution in [3.8, 4) is 0 Å². The van der Waals surface area contributed by atoms with Crippen molar-refractivity contribution in [1.29, 1.82) is 0 Å². The molecule has 0 amide bonds. The Balaban J connectivity index is 1.72. The summed E-state index contributed by atoms with van der Waals surface area (Å²) in [6, 6.07) is 1.05. The van der Waals surface area contributed by atoms with Crippen LogP contribution < -0.4 is 5.32 Å². The van der Waals surface area contributed by atoms with E-state index in [4.69, 9.17) is 0 Å². The van der Waals surface area contributed by atoms with Gasteiger partial charge in [0.05, 0.1) is 0 Å². The minimum Gasteiger partial charge on any atom is -0.314 e. The summed E-state index contributed by atoms with van der Waals surface area (Å²) < 4.78 is 37.4. The molecule has 0 radical (unpaired) electrons. The Kier molecular flexibility index (Phi) is 4.33. The summed E-state index contributed by atoms with van der Waals surface area (Å²) in [7, 11) is 0. The molecule has 2 aliphatic rings. The highest BCUT2D eigenvalue weighted by atomic mass is 19.4. The third kappa shape index (κ3) is 3.99. The summed E-state index contributed by atoms with van der Waals surface area (Å²) in [5.41, 5.74) is -0.359. The van der Waals surface area contributed by atoms with E-state index < -0.39 is 6.18 Å². The van der Waals surface area contributed by atoms with Gasteiger partial charge in [0.15, 0.2) is 0 Å². The lowest BCUT2D eigenvalue weighted by atomic mass is 10.1. The molecule has 0 saturated heterocycles. The van der Waals surface area contributed by atoms with Crippen LogP contribution in [0.5, 0.6) is 0 Å². The zero-order chi connectivity index (χ0) is 13.2. The highest BCUT2D eigenvalue weighted by Gasteiger charge is 2.35. The van der Waals surface area contributed by atoms with E-state index in [1.807, 2.05) is 0 Å². The van der Waals surface area contributed by atoms with E-state index in [-0.39, 0.29) is 12.0 Å². The van der Waals surface area contributed by atoms with Crippen LogP contribution in [0.1, 0.15) is 32.6 Å². The lowest BCUT2D eigenvalue weighted by Gasteiger charge is -2.32. The molecule has 2 rings (SSSR count). The van der Waals surface area contributed by atoms with E-state index in [2.05, 4.69) is 17.1 Å². The topological polar surface area (TPSA) is 15.3 Å². The van der Waals surface area contributed by atoms with Crippen molar-refractivity contribution in [2.75, 3.05) is 19.6 Å². The van der Waals surface area contributed by atoms with Crippen molar-refractivity contribution in [3.05, 3.63) is 11.6 Å². The van der Waals surface area contributed by atoms with Gasteiger partial charge in [0.25, 0.3) is 0 Å². The molecule has 0 bridgehead atoms. The van der Waals surface area contributed by atoms with Gasteiger partial charge >= 0.3 is 6.18 Å². The van der Waals surface area contributed by atoms with Gasteiger partial charge in [0.2, 0.25) is 0 Å². The Labute approximate surface area is 106 Å². The summed E-state index contributed by atoms with van der Waals surface area (Å²) in [5.74, 6) is 0. The number of halogens is 3. The molecule has 1 saturated carbocycles. The quantitative estimate of drug-likeness (QED) is 0.766. The minimum absolute atomic E-state index is 0.129. The van der Waals surface area contributed by atoms with E-state index in [9.17, 15) is 13.2 Å². The minimum atomic E-state index is -4.14. The zero-order valence-electron chi connectivity index (χ0n) is 10.8. The Morgan fingerprint density at radius 2 is 2.17 bits per heavy atom. The average Bonchev–Trinajstić information content (AvgIpc) is 3.12. The molecule has 1 aliphatic heterocycles. The summed E-state index contributed by atoms with van der Waals surface area (Å²) in [6.07, 6.45) is 0.887. The van der Waals surface area contributed by atoms with Gasteiger partial charge in [-0.15, -0.1) is 0 Å². The van der Waals surface area contributed by atoms with Crippen LogP contribution in [0, 0.1) is 0 Å². The number of rotatable bonds is 5. The molecule has 5 heteroatoms. The van der Waals surface area contributed by atoms with Gasteiger partial charge in [-0.25, -0.2) is 0 Å². The largest absolute Gasteiger partial charge is 0.412 e. The van der Waals surface area contributed by atoms with Crippen LogP contribution in [0.3, 0.4) is 0 Å². The van der Waals surface area contributed by atoms with Crippen molar-refractivity contribution >= 4 is 0 Å². The van der Waals surface area contributed by atoms with Crippen LogP contribution in [-0.2, 0) is 0 Å². The Hall–Kier alpha value is -0.550. The summed E-state index contributed by atoms with van der Waals surface area (Å²) >= 11 is 0. The van der Waals surface area contributed by atoms with Crippen LogP contribution in [-0.4, -0.2) is 42.8 Å². The summed E-state index contributed by atoms with van der Waals surface area (Å²) in [6.45, 7) is 4.02. The van der Waals surface area contributed by atoms with Crippen molar-refractivity contribution in [2.24, 2.45) is 0 Å². The van der Waals surface area contributed by atoms with E-state index in [1.54, 1.807) is 0 Å². The van der Waals surface area contributed by atoms with Gasteiger partial charge in [0.1, 0.15) is 0 Å². The molecular formula is C13H21F3N2. The van der Waals surface area contributed by atoms with Crippen LogP contribution in [0.25, 0.3) is 0 Å². The van der Waals surface area contributed by atoms with Gasteiger partial charge in [-0.1, -0.05) is 6.08 Å². The maximum absolute atomic E-state index is 12.5. The predicted molar refractivity (Wildman–Crippen MR) is 65.4 cm³/mol. The molecule has 0 aromatic rings. The van der Waals surface area contributed by atoms with E-state index in [0.29, 0.717) is 25.2 Å². The Morgan fingerprint density at radius 3 is 2.67 bits per heavy atom. The van der Waals surface area contributed by atoms with Gasteiger partial charge in [0, 0.05) is 30.7 Å². The van der Waals surface area contributed by atoms with Crippen molar-refractivity contribution in [2.45, 2.75) is 50.9 Å². The molecule has 2 nitrogen and oxygen atoms in total. The maximum atomic E-state index is 12.5. The molecule has 1 fully saturated rings. The Bertz CT molecular complexity index is 308. The number of alkyl halides is 3. The average molecular weight is 262 g/mol. The number of hydrogen-bond donors (Lipinski definition) is 1. The molecule has 104 valence electrons. The predicted octanol–water partition coefficient (Wildman–Crippen LogP) is 2.71. The lowest BCUT2D eigenvalue weighted by molar-refractivity contribution is -0.0963. The standard InChI is InChI=1S/C13H21F3N2/c1-10(4-7-17-12-2-3-12)18-8-5-11(6-9-18)13(14,15)16/h5,10,12,17H,2-4,6-9H2,1H3. The van der Waals surface area contributed by atoms with Gasteiger partial charge in [-0.2, -0.15) is 13.2 Å². The van der Waals surface area contributed by atoms with Gasteiger partial charge in [-0.3, -0.25) is 4.90 Å². The Morgan fingerprint density at radius 1 is 1.44 bits per heavy atom. The second-order valence-corrected chi connectivity index (χ2v) is 5.34. The summed E-state index contributed by atoms with van der Waals surface area (Å²) in [5, 5.41) is 3.44. The highest BCUT2D eigenvalue weighted by Crippen LogP contribution is 2.30. The fourth-order valence-corrected chi connectivity index (χ4v) is 2.31. The monoisotopic (exact) mass is 262 g/mol. The third-order valence-electron chi connectivity index (χ3n) is 3.80. The second-order valence-electron chi connectivity index (χ2n) is 5.34. The highest BCUT2D eigenvalue weighted by molar-refractivity contribution is 5.13. The first-order chi connectivity index (χ1) is 8.47. The normalized spacial score (nSPS) is 23.9. The van der Waals surface area contributed by atoms with Crippen molar-refractivity contribution < 1.29 is 13.2 Å². The first kappa shape index (κ1) is 13.9. The maximum Gasteiger partial charge on any atom is 0.412 e. The second kappa shape index (κ2) is 5.61. The molecule has 0 aromatic heterocycles. The first-order valence-corrected chi connectivity index (χ1v) is 6.70. The van der Waals surface area contributed by atoms with Gasteiger partial charge < -0.3 is 5.32 Å². The fourth-order valence-electron chi connectivity index (χ4n) is 2.31. The molecular weight excluding hydrogens is 241 g/mol. The molecule has 0 spiro atoms. The van der Waals surface area contributed by atoms with Crippen molar-refractivity contribution in [1.82, 2.24) is 10.2 Å². The van der Waals surface area contributed by atoms with Crippen LogP contribution in [0.2, 0.25) is 0 Å². The number of nitrogens with one attached hydrogen (secondary N) is 1. The molecule has 1 heterocycles. The zero-order valence-corrected chi connectivity index (χ0v) is 10.8. The lowest BCUT2D eigenvalue weighted by Crippen LogP contribution is -2.39. The smallest absolute Gasteiger partial charge is 0.314 e. The third-order valence-corrected chi connectivity index (χ3v) is 3.80. The van der Waals surface area contributed by atoms with E-state index in [1.165, 1.54) is 18.9 Å². The van der Waals surface area contributed by atoms with Crippen molar-refractivity contribution in [3.63, 3.8) is 0 Å². The number of hydrogen-bond acceptors (Lipinski definition) is 2. The van der Waals surface area contributed by atoms with Gasteiger partial charge in [-0.05, 0) is 39.2 Å². The SMILES string of the molecule is CC(CCNC1CC1)N1CC=C(C(F)(F)F)CC1. The van der Waals surface area contributed by atoms with Crippen LogP contribution in [0.4, 0.5) is 13.2 Å². The van der Waals surface area contributed by atoms with E-state index in [0.717, 1.165) is 13.0 Å².